The van der Waals surface area contributed by atoms with Crippen molar-refractivity contribution in [1.82, 2.24) is 4.90 Å². The van der Waals surface area contributed by atoms with Crippen molar-refractivity contribution in [1.29, 1.82) is 0 Å². The van der Waals surface area contributed by atoms with Gasteiger partial charge in [-0.15, -0.1) is 0 Å². The Hall–Kier alpha value is -0.570. The Bertz CT molecular complexity index is 220. The summed E-state index contributed by atoms with van der Waals surface area (Å²) >= 11 is 0. The predicted molar refractivity (Wildman–Crippen MR) is 60.6 cm³/mol. The van der Waals surface area contributed by atoms with Gasteiger partial charge in [0.05, 0.1) is 6.61 Å². The molecule has 0 N–H and O–H groups in total. The molecule has 0 spiro atoms. The zero-order valence-corrected chi connectivity index (χ0v) is 10.4. The van der Waals surface area contributed by atoms with Crippen LogP contribution in [0.15, 0.2) is 0 Å². The van der Waals surface area contributed by atoms with Gasteiger partial charge >= 0.3 is 0 Å². The highest BCUT2D eigenvalue weighted by atomic mass is 16.5. The van der Waals surface area contributed by atoms with Gasteiger partial charge in [-0.3, -0.25) is 4.79 Å². The van der Waals surface area contributed by atoms with Gasteiger partial charge in [0.15, 0.2) is 0 Å². The fourth-order valence-corrected chi connectivity index (χ4v) is 2.00. The van der Waals surface area contributed by atoms with Gasteiger partial charge < -0.3 is 9.64 Å². The molecule has 0 aliphatic carbocycles. The van der Waals surface area contributed by atoms with Crippen LogP contribution < -0.4 is 0 Å². The van der Waals surface area contributed by atoms with E-state index in [9.17, 15) is 4.79 Å². The largest absolute Gasteiger partial charge is 0.384 e. The topological polar surface area (TPSA) is 29.5 Å². The maximum atomic E-state index is 11.9. The number of likely N-dealkylation sites (tertiary alicyclic amines) is 1. The van der Waals surface area contributed by atoms with Crippen LogP contribution in [0.2, 0.25) is 0 Å². The second kappa shape index (κ2) is 4.97. The summed E-state index contributed by atoms with van der Waals surface area (Å²) in [5.41, 5.74) is 0.0937. The highest BCUT2D eigenvalue weighted by Crippen LogP contribution is 2.23. The maximum Gasteiger partial charge on any atom is 0.223 e. The number of rotatable bonds is 3. The van der Waals surface area contributed by atoms with Crippen molar-refractivity contribution in [2.24, 2.45) is 11.3 Å². The fourth-order valence-electron chi connectivity index (χ4n) is 2.00. The number of hydrogen-bond donors (Lipinski definition) is 0. The molecule has 1 heterocycles. The van der Waals surface area contributed by atoms with Crippen LogP contribution in [-0.2, 0) is 9.53 Å². The molecule has 0 saturated carbocycles. The van der Waals surface area contributed by atoms with E-state index in [0.717, 1.165) is 26.1 Å². The molecule has 0 radical (unpaired) electrons. The zero-order chi connectivity index (χ0) is 11.5. The van der Waals surface area contributed by atoms with Crippen molar-refractivity contribution >= 4 is 5.91 Å². The Labute approximate surface area is 92.8 Å². The summed E-state index contributed by atoms with van der Waals surface area (Å²) in [5, 5.41) is 0. The first-order chi connectivity index (χ1) is 6.92. The van der Waals surface area contributed by atoms with Crippen LogP contribution in [-0.4, -0.2) is 37.6 Å². The van der Waals surface area contributed by atoms with E-state index in [1.165, 1.54) is 0 Å². The first-order valence-electron chi connectivity index (χ1n) is 5.69. The fraction of sp³-hybridized carbons (Fsp3) is 0.917. The lowest BCUT2D eigenvalue weighted by molar-refractivity contribution is -0.132. The summed E-state index contributed by atoms with van der Waals surface area (Å²) in [4.78, 5) is 13.9. The van der Waals surface area contributed by atoms with Crippen molar-refractivity contribution in [3.05, 3.63) is 0 Å². The third kappa shape index (κ3) is 4.20. The van der Waals surface area contributed by atoms with Gasteiger partial charge in [-0.1, -0.05) is 20.8 Å². The first kappa shape index (κ1) is 12.5. The Morgan fingerprint density at radius 1 is 1.47 bits per heavy atom. The SMILES string of the molecule is COCC1CCN(C(=O)CC(C)(C)C)C1. The summed E-state index contributed by atoms with van der Waals surface area (Å²) in [5.74, 6) is 0.833. The molecule has 0 aromatic heterocycles. The van der Waals surface area contributed by atoms with E-state index in [4.69, 9.17) is 4.74 Å². The van der Waals surface area contributed by atoms with Crippen LogP contribution in [0.3, 0.4) is 0 Å². The van der Waals surface area contributed by atoms with Gasteiger partial charge in [0.25, 0.3) is 0 Å². The minimum Gasteiger partial charge on any atom is -0.384 e. The van der Waals surface area contributed by atoms with E-state index < -0.39 is 0 Å². The molecule has 1 aliphatic rings. The van der Waals surface area contributed by atoms with Crippen LogP contribution in [0.5, 0.6) is 0 Å². The number of carbonyl (C=O) groups is 1. The third-order valence-electron chi connectivity index (χ3n) is 2.72. The van der Waals surface area contributed by atoms with E-state index in [1.807, 2.05) is 4.90 Å². The minimum atomic E-state index is 0.0937. The maximum absolute atomic E-state index is 11.9. The molecular weight excluding hydrogens is 190 g/mol. The lowest BCUT2D eigenvalue weighted by Gasteiger charge is -2.23. The monoisotopic (exact) mass is 213 g/mol. The van der Waals surface area contributed by atoms with Crippen LogP contribution in [0.4, 0.5) is 0 Å². The Morgan fingerprint density at radius 2 is 2.13 bits per heavy atom. The van der Waals surface area contributed by atoms with Gasteiger partial charge in [-0.25, -0.2) is 0 Å². The van der Waals surface area contributed by atoms with Crippen LogP contribution >= 0.6 is 0 Å². The number of carbonyl (C=O) groups excluding carboxylic acids is 1. The summed E-state index contributed by atoms with van der Waals surface area (Å²) in [6.45, 7) is 8.87. The zero-order valence-electron chi connectivity index (χ0n) is 10.4. The second-order valence-corrected chi connectivity index (χ2v) is 5.69. The highest BCUT2D eigenvalue weighted by Gasteiger charge is 2.28. The van der Waals surface area contributed by atoms with Crippen LogP contribution in [0.1, 0.15) is 33.6 Å². The Balaban J connectivity index is 2.37. The standard InChI is InChI=1S/C12H23NO2/c1-12(2,3)7-11(14)13-6-5-10(8-13)9-15-4/h10H,5-9H2,1-4H3. The average molecular weight is 213 g/mol. The summed E-state index contributed by atoms with van der Waals surface area (Å²) < 4.78 is 5.12. The molecule has 88 valence electrons. The first-order valence-corrected chi connectivity index (χ1v) is 5.69. The number of nitrogens with zero attached hydrogens (tertiary/aromatic N) is 1. The minimum absolute atomic E-state index is 0.0937. The van der Waals surface area contributed by atoms with E-state index in [-0.39, 0.29) is 5.41 Å². The van der Waals surface area contributed by atoms with Crippen LogP contribution in [0.25, 0.3) is 0 Å². The number of methoxy groups -OCH3 is 1. The molecule has 1 saturated heterocycles. The van der Waals surface area contributed by atoms with Crippen molar-refractivity contribution in [2.45, 2.75) is 33.6 Å². The normalized spacial score (nSPS) is 22.1. The van der Waals surface area contributed by atoms with Gasteiger partial charge in [0, 0.05) is 32.5 Å². The molecule has 0 aromatic carbocycles. The average Bonchev–Trinajstić information content (AvgIpc) is 2.50. The van der Waals surface area contributed by atoms with Gasteiger partial charge in [-0.05, 0) is 11.8 Å². The molecule has 1 unspecified atom stereocenters. The second-order valence-electron chi connectivity index (χ2n) is 5.69. The lowest BCUT2D eigenvalue weighted by Crippen LogP contribution is -2.32. The molecule has 3 nitrogen and oxygen atoms in total. The van der Waals surface area contributed by atoms with Gasteiger partial charge in [0.2, 0.25) is 5.91 Å². The van der Waals surface area contributed by atoms with E-state index in [2.05, 4.69) is 20.8 Å². The van der Waals surface area contributed by atoms with E-state index >= 15 is 0 Å². The highest BCUT2D eigenvalue weighted by molar-refractivity contribution is 5.77. The third-order valence-corrected chi connectivity index (χ3v) is 2.72. The quantitative estimate of drug-likeness (QED) is 0.717. The number of amides is 1. The molecule has 1 fully saturated rings. The molecular formula is C12H23NO2. The van der Waals surface area contributed by atoms with Gasteiger partial charge in [0.1, 0.15) is 0 Å². The lowest BCUT2D eigenvalue weighted by atomic mass is 9.92. The molecule has 15 heavy (non-hydrogen) atoms. The number of ether oxygens (including phenoxy) is 1. The van der Waals surface area contributed by atoms with Crippen molar-refractivity contribution in [3.8, 4) is 0 Å². The van der Waals surface area contributed by atoms with Crippen molar-refractivity contribution in [2.75, 3.05) is 26.8 Å². The summed E-state index contributed by atoms with van der Waals surface area (Å²) in [6.07, 6.45) is 1.73. The van der Waals surface area contributed by atoms with Crippen molar-refractivity contribution < 1.29 is 9.53 Å². The van der Waals surface area contributed by atoms with E-state index in [0.29, 0.717) is 18.2 Å². The molecule has 3 heteroatoms. The molecule has 0 bridgehead atoms. The molecule has 1 rings (SSSR count). The van der Waals surface area contributed by atoms with Gasteiger partial charge in [-0.2, -0.15) is 0 Å². The van der Waals surface area contributed by atoms with Crippen molar-refractivity contribution in [3.63, 3.8) is 0 Å². The van der Waals surface area contributed by atoms with Crippen LogP contribution in [0, 0.1) is 11.3 Å². The Kier molecular flexibility index (Phi) is 4.14. The Morgan fingerprint density at radius 3 is 2.67 bits per heavy atom. The summed E-state index contributed by atoms with van der Waals surface area (Å²) in [7, 11) is 1.72. The molecule has 1 aliphatic heterocycles. The molecule has 1 amide bonds. The number of hydrogen-bond acceptors (Lipinski definition) is 2. The smallest absolute Gasteiger partial charge is 0.223 e. The summed E-state index contributed by atoms with van der Waals surface area (Å²) in [6, 6.07) is 0. The predicted octanol–water partition coefficient (Wildman–Crippen LogP) is 1.92. The van der Waals surface area contributed by atoms with E-state index in [1.54, 1.807) is 7.11 Å². The molecule has 1 atom stereocenters. The molecule has 0 aromatic rings.